The van der Waals surface area contributed by atoms with E-state index in [1.807, 2.05) is 0 Å². The van der Waals surface area contributed by atoms with Crippen molar-refractivity contribution in [3.63, 3.8) is 0 Å². The summed E-state index contributed by atoms with van der Waals surface area (Å²) in [7, 11) is 2.11. The van der Waals surface area contributed by atoms with E-state index in [4.69, 9.17) is 5.26 Å². The van der Waals surface area contributed by atoms with Crippen LogP contribution in [-0.2, 0) is 0 Å². The minimum Gasteiger partial charge on any atom is -0.338 e. The van der Waals surface area contributed by atoms with Crippen LogP contribution >= 0.6 is 0 Å². The summed E-state index contributed by atoms with van der Waals surface area (Å²) >= 11 is 0. The van der Waals surface area contributed by atoms with E-state index in [2.05, 4.69) is 28.7 Å². The highest BCUT2D eigenvalue weighted by Crippen LogP contribution is 2.34. The molecule has 0 radical (unpaired) electrons. The van der Waals surface area contributed by atoms with Crippen LogP contribution in [0.5, 0.6) is 0 Å². The summed E-state index contributed by atoms with van der Waals surface area (Å²) in [6.07, 6.45) is 3.94. The summed E-state index contributed by atoms with van der Waals surface area (Å²) in [5.74, 6) is 0.539. The summed E-state index contributed by atoms with van der Waals surface area (Å²) in [5, 5.41) is 14.5. The molecule has 0 aromatic heterocycles. The zero-order chi connectivity index (χ0) is 12.3. The Kier molecular flexibility index (Phi) is 3.53. The third-order valence-corrected chi connectivity index (χ3v) is 3.59. The Bertz CT molecular complexity index is 332. The van der Waals surface area contributed by atoms with Gasteiger partial charge in [-0.1, -0.05) is 0 Å². The number of likely N-dealkylation sites (tertiary alicyclic amines) is 1. The molecule has 1 saturated carbocycles. The topological polar surface area (TPSA) is 68.2 Å². The summed E-state index contributed by atoms with van der Waals surface area (Å²) < 4.78 is 0. The van der Waals surface area contributed by atoms with Crippen molar-refractivity contribution < 1.29 is 4.79 Å². The first-order valence-corrected chi connectivity index (χ1v) is 6.29. The summed E-state index contributed by atoms with van der Waals surface area (Å²) in [4.78, 5) is 13.9. The number of nitrogens with one attached hydrogen (secondary N) is 2. The maximum absolute atomic E-state index is 11.6. The van der Waals surface area contributed by atoms with Crippen LogP contribution in [0.15, 0.2) is 0 Å². The highest BCUT2D eigenvalue weighted by molar-refractivity contribution is 5.76. The van der Waals surface area contributed by atoms with Crippen LogP contribution in [0.4, 0.5) is 4.79 Å². The lowest BCUT2D eigenvalue weighted by Gasteiger charge is -2.29. The molecule has 1 atom stereocenters. The Morgan fingerprint density at radius 3 is 2.94 bits per heavy atom. The van der Waals surface area contributed by atoms with E-state index < -0.39 is 5.54 Å². The molecule has 1 aliphatic heterocycles. The Labute approximate surface area is 102 Å². The molecule has 2 aliphatic rings. The molecular formula is C12H20N4O. The van der Waals surface area contributed by atoms with Gasteiger partial charge in [-0.25, -0.2) is 4.79 Å². The molecule has 0 spiro atoms. The molecule has 94 valence electrons. The third-order valence-electron chi connectivity index (χ3n) is 3.59. The van der Waals surface area contributed by atoms with Crippen molar-refractivity contribution in [2.24, 2.45) is 5.92 Å². The van der Waals surface area contributed by atoms with Crippen molar-refractivity contribution in [2.75, 3.05) is 26.7 Å². The Balaban J connectivity index is 1.68. The van der Waals surface area contributed by atoms with Crippen LogP contribution in [0.25, 0.3) is 0 Å². The fraction of sp³-hybridized carbons (Fsp3) is 0.833. The molecule has 2 N–H and O–H groups in total. The molecular weight excluding hydrogens is 216 g/mol. The van der Waals surface area contributed by atoms with Crippen molar-refractivity contribution >= 4 is 6.03 Å². The number of piperidine rings is 1. The number of carbonyl (C=O) groups is 1. The van der Waals surface area contributed by atoms with Gasteiger partial charge in [-0.2, -0.15) is 5.26 Å². The van der Waals surface area contributed by atoms with Gasteiger partial charge in [0, 0.05) is 13.1 Å². The number of amides is 2. The van der Waals surface area contributed by atoms with E-state index in [0.29, 0.717) is 12.5 Å². The second-order valence-corrected chi connectivity index (χ2v) is 5.30. The predicted molar refractivity (Wildman–Crippen MR) is 64.3 cm³/mol. The zero-order valence-corrected chi connectivity index (χ0v) is 10.3. The lowest BCUT2D eigenvalue weighted by Crippen LogP contribution is -2.46. The smallest absolute Gasteiger partial charge is 0.316 e. The third kappa shape index (κ3) is 3.34. The van der Waals surface area contributed by atoms with Gasteiger partial charge in [0.15, 0.2) is 0 Å². The van der Waals surface area contributed by atoms with Gasteiger partial charge in [-0.05, 0) is 45.2 Å². The second kappa shape index (κ2) is 4.92. The molecule has 5 heteroatoms. The van der Waals surface area contributed by atoms with E-state index >= 15 is 0 Å². The highest BCUT2D eigenvalue weighted by atomic mass is 16.2. The van der Waals surface area contributed by atoms with Crippen LogP contribution in [0.3, 0.4) is 0 Å². The van der Waals surface area contributed by atoms with E-state index in [1.54, 1.807) is 0 Å². The number of rotatable bonds is 3. The second-order valence-electron chi connectivity index (χ2n) is 5.30. The van der Waals surface area contributed by atoms with Crippen molar-refractivity contribution in [3.05, 3.63) is 0 Å². The normalized spacial score (nSPS) is 26.9. The molecule has 0 aromatic carbocycles. The number of nitriles is 1. The van der Waals surface area contributed by atoms with E-state index in [-0.39, 0.29) is 6.03 Å². The molecule has 2 amide bonds. The summed E-state index contributed by atoms with van der Waals surface area (Å²) in [6, 6.07) is 1.95. The first-order valence-electron chi connectivity index (χ1n) is 6.29. The molecule has 0 bridgehead atoms. The van der Waals surface area contributed by atoms with Crippen molar-refractivity contribution in [3.8, 4) is 6.07 Å². The van der Waals surface area contributed by atoms with E-state index in [0.717, 1.165) is 25.9 Å². The van der Waals surface area contributed by atoms with Crippen molar-refractivity contribution in [2.45, 2.75) is 31.2 Å². The van der Waals surface area contributed by atoms with E-state index in [1.165, 1.54) is 12.8 Å². The number of urea groups is 1. The highest BCUT2D eigenvalue weighted by Gasteiger charge is 2.44. The van der Waals surface area contributed by atoms with E-state index in [9.17, 15) is 4.79 Å². The van der Waals surface area contributed by atoms with Crippen LogP contribution in [0.1, 0.15) is 25.7 Å². The molecule has 17 heavy (non-hydrogen) atoms. The SMILES string of the molecule is CN1CCCC(CNC(=O)NC2(C#N)CC2)C1. The number of carbonyl (C=O) groups excluding carboxylic acids is 1. The largest absolute Gasteiger partial charge is 0.338 e. The maximum Gasteiger partial charge on any atom is 0.316 e. The van der Waals surface area contributed by atoms with Gasteiger partial charge in [0.2, 0.25) is 0 Å². The van der Waals surface area contributed by atoms with Crippen LogP contribution in [0.2, 0.25) is 0 Å². The molecule has 1 unspecified atom stereocenters. The van der Waals surface area contributed by atoms with Gasteiger partial charge in [0.05, 0.1) is 6.07 Å². The molecule has 1 heterocycles. The Morgan fingerprint density at radius 1 is 1.59 bits per heavy atom. The Morgan fingerprint density at radius 2 is 2.35 bits per heavy atom. The lowest BCUT2D eigenvalue weighted by molar-refractivity contribution is 0.201. The molecule has 2 rings (SSSR count). The number of hydrogen-bond donors (Lipinski definition) is 2. The predicted octanol–water partition coefficient (Wildman–Crippen LogP) is 0.684. The molecule has 1 aliphatic carbocycles. The maximum atomic E-state index is 11.6. The van der Waals surface area contributed by atoms with Crippen LogP contribution in [0, 0.1) is 17.2 Å². The minimum atomic E-state index is -0.562. The standard InChI is InChI=1S/C12H20N4O/c1-16-6-2-3-10(8-16)7-14-11(17)15-12(9-13)4-5-12/h10H,2-8H2,1H3,(H2,14,15,17). The lowest BCUT2D eigenvalue weighted by atomic mass is 9.99. The fourth-order valence-electron chi connectivity index (χ4n) is 2.33. The quantitative estimate of drug-likeness (QED) is 0.757. The fourth-order valence-corrected chi connectivity index (χ4v) is 2.33. The average molecular weight is 236 g/mol. The first kappa shape index (κ1) is 12.2. The van der Waals surface area contributed by atoms with Gasteiger partial charge in [0.25, 0.3) is 0 Å². The molecule has 5 nitrogen and oxygen atoms in total. The number of nitrogens with zero attached hydrogens (tertiary/aromatic N) is 2. The molecule has 0 aromatic rings. The minimum absolute atomic E-state index is 0.197. The summed E-state index contributed by atoms with van der Waals surface area (Å²) in [6.45, 7) is 2.90. The summed E-state index contributed by atoms with van der Waals surface area (Å²) in [5.41, 5.74) is -0.562. The van der Waals surface area contributed by atoms with Gasteiger partial charge >= 0.3 is 6.03 Å². The van der Waals surface area contributed by atoms with Gasteiger partial charge < -0.3 is 15.5 Å². The zero-order valence-electron chi connectivity index (χ0n) is 10.3. The van der Waals surface area contributed by atoms with Gasteiger partial charge in [-0.3, -0.25) is 0 Å². The number of hydrogen-bond acceptors (Lipinski definition) is 3. The van der Waals surface area contributed by atoms with Gasteiger partial charge in [0.1, 0.15) is 5.54 Å². The average Bonchev–Trinajstić information content (AvgIpc) is 3.07. The molecule has 1 saturated heterocycles. The van der Waals surface area contributed by atoms with Crippen LogP contribution < -0.4 is 10.6 Å². The van der Waals surface area contributed by atoms with Gasteiger partial charge in [-0.15, -0.1) is 0 Å². The Hall–Kier alpha value is -1.28. The van der Waals surface area contributed by atoms with Crippen molar-refractivity contribution in [1.82, 2.24) is 15.5 Å². The monoisotopic (exact) mass is 236 g/mol. The molecule has 2 fully saturated rings. The first-order chi connectivity index (χ1) is 8.13. The van der Waals surface area contributed by atoms with Crippen molar-refractivity contribution in [1.29, 1.82) is 5.26 Å². The van der Waals surface area contributed by atoms with Crippen LogP contribution in [-0.4, -0.2) is 43.2 Å².